The number of nitrogens with zero attached hydrogens (tertiary/aromatic N) is 6. The summed E-state index contributed by atoms with van der Waals surface area (Å²) in [5.41, 5.74) is 7.69. The Bertz CT molecular complexity index is 2020. The van der Waals surface area contributed by atoms with Crippen molar-refractivity contribution in [3.8, 4) is 12.1 Å². The van der Waals surface area contributed by atoms with Crippen molar-refractivity contribution in [3.63, 3.8) is 0 Å². The number of nitriles is 2. The lowest BCUT2D eigenvalue weighted by molar-refractivity contribution is -0.152. The largest absolute Gasteiger partial charge is 0.469 e. The molecule has 5 aliphatic rings. The van der Waals surface area contributed by atoms with Crippen LogP contribution in [0.25, 0.3) is 25.0 Å². The number of rotatable bonds is 4. The van der Waals surface area contributed by atoms with Gasteiger partial charge in [0, 0.05) is 19.0 Å². The molecule has 6 rings (SSSR count). The predicted octanol–water partition coefficient (Wildman–Crippen LogP) is 12.3. The number of carbonyl (C=O) groups excluding carboxylic acids is 2. The number of allylic oxidation sites excluding steroid dienone is 5. The second-order valence-electron chi connectivity index (χ2n) is 18.8. The molecule has 6 unspecified atom stereocenters. The van der Waals surface area contributed by atoms with Gasteiger partial charge in [0.1, 0.15) is 5.60 Å². The van der Waals surface area contributed by atoms with Gasteiger partial charge in [-0.1, -0.05) is 48.9 Å². The first-order valence-electron chi connectivity index (χ1n) is 22.8. The van der Waals surface area contributed by atoms with Crippen LogP contribution in [0.1, 0.15) is 150 Å². The summed E-state index contributed by atoms with van der Waals surface area (Å²) < 4.78 is 9.49. The molecule has 64 heavy (non-hydrogen) atoms. The van der Waals surface area contributed by atoms with Gasteiger partial charge in [-0.05, 0) is 160 Å². The normalized spacial score (nSPS) is 25.5. The maximum absolute atomic E-state index is 11.2. The quantitative estimate of drug-likeness (QED) is 0.181. The van der Waals surface area contributed by atoms with Crippen LogP contribution in [0.2, 0.25) is 0 Å². The van der Waals surface area contributed by atoms with Gasteiger partial charge in [0.25, 0.3) is 0 Å². The van der Waals surface area contributed by atoms with E-state index in [1.54, 1.807) is 0 Å². The predicted molar refractivity (Wildman–Crippen MR) is 253 cm³/mol. The number of fused-ring (bicyclic) bond motifs is 3. The molecule has 2 aliphatic heterocycles. The molecule has 342 valence electrons. The van der Waals surface area contributed by atoms with Gasteiger partial charge < -0.3 is 14.8 Å². The summed E-state index contributed by atoms with van der Waals surface area (Å²) in [6.45, 7) is 46.8. The number of nitrogens with one attached hydrogen (secondary N) is 1. The van der Waals surface area contributed by atoms with Crippen molar-refractivity contribution in [2.24, 2.45) is 29.6 Å². The van der Waals surface area contributed by atoms with Gasteiger partial charge in [0.2, 0.25) is 0 Å². The van der Waals surface area contributed by atoms with Gasteiger partial charge in [-0.15, -0.1) is 0 Å². The molecule has 0 radical (unpaired) electrons. The average molecular weight is 870 g/mol. The summed E-state index contributed by atoms with van der Waals surface area (Å²) in [6.07, 6.45) is 14.6. The molecule has 4 fully saturated rings. The minimum atomic E-state index is -0.456. The Balaban J connectivity index is 0.000000279. The molecule has 3 aliphatic carbocycles. The van der Waals surface area contributed by atoms with Crippen LogP contribution < -0.4 is 5.32 Å². The van der Waals surface area contributed by atoms with E-state index in [0.717, 1.165) is 75.6 Å². The Morgan fingerprint density at radius 2 is 1.38 bits per heavy atom. The van der Waals surface area contributed by atoms with Crippen LogP contribution in [0, 0.1) is 78.5 Å². The first-order chi connectivity index (χ1) is 30.4. The van der Waals surface area contributed by atoms with Crippen LogP contribution in [-0.2, 0) is 25.5 Å². The molecule has 1 aromatic carbocycles. The molecule has 0 aromatic heterocycles. The van der Waals surface area contributed by atoms with Gasteiger partial charge in [0.15, 0.2) is 23.5 Å². The molecule has 11 nitrogen and oxygen atoms in total. The van der Waals surface area contributed by atoms with Crippen LogP contribution in [-0.4, -0.2) is 48.8 Å². The number of hydrogen-bond acceptors (Lipinski definition) is 7. The highest BCUT2D eigenvalue weighted by Crippen LogP contribution is 2.39. The van der Waals surface area contributed by atoms with E-state index in [0.29, 0.717) is 29.8 Å². The van der Waals surface area contributed by atoms with Crippen molar-refractivity contribution in [1.29, 1.82) is 10.5 Å². The van der Waals surface area contributed by atoms with E-state index in [1.165, 1.54) is 67.6 Å². The fourth-order valence-electron chi connectivity index (χ4n) is 9.37. The number of benzene rings is 1. The number of carbonyl (C=O) groups is 2. The van der Waals surface area contributed by atoms with Crippen molar-refractivity contribution < 1.29 is 19.1 Å². The van der Waals surface area contributed by atoms with Crippen molar-refractivity contribution in [2.45, 2.75) is 175 Å². The molecule has 11 heteroatoms. The Morgan fingerprint density at radius 3 is 1.84 bits per heavy atom. The molecule has 0 spiro atoms. The minimum absolute atomic E-state index is 0.0438. The third-order valence-electron chi connectivity index (χ3n) is 12.9. The summed E-state index contributed by atoms with van der Waals surface area (Å²) in [4.78, 5) is 35.2. The van der Waals surface area contributed by atoms with Crippen LogP contribution in [0.3, 0.4) is 0 Å². The number of aryl methyl sites for hydroxylation is 1. The van der Waals surface area contributed by atoms with Crippen molar-refractivity contribution in [3.05, 3.63) is 110 Å². The van der Waals surface area contributed by atoms with E-state index in [4.69, 9.17) is 46.3 Å². The highest BCUT2D eigenvalue weighted by Gasteiger charge is 2.40. The number of methoxy groups -OCH3 is 1. The maximum Gasteiger partial charge on any atom is 0.310 e. The molecule has 2 heterocycles. The van der Waals surface area contributed by atoms with Crippen LogP contribution >= 0.6 is 0 Å². The molecule has 0 amide bonds. The molecule has 8 atom stereocenters. The molecular formula is C53H71N7O4. The second-order valence-corrected chi connectivity index (χ2v) is 18.8. The third-order valence-corrected chi connectivity index (χ3v) is 12.9. The number of ether oxygens (including phenoxy) is 2. The summed E-state index contributed by atoms with van der Waals surface area (Å²) in [5.74, 6) is 1.29. The van der Waals surface area contributed by atoms with E-state index in [9.17, 15) is 9.59 Å². The topological polar surface area (TPSA) is 130 Å². The molecule has 2 saturated carbocycles. The first kappa shape index (κ1) is 54.4. The smallest absolute Gasteiger partial charge is 0.310 e. The van der Waals surface area contributed by atoms with Crippen molar-refractivity contribution >= 4 is 17.5 Å². The van der Waals surface area contributed by atoms with Crippen LogP contribution in [0.15, 0.2) is 53.4 Å². The Kier molecular flexibility index (Phi) is 23.3. The standard InChI is InChI=1S/C13H18N2.C13H13N.C11H15NO2.C10H13N3.C6H12O2/c1-9(2)11-6-5-10(3)12(7-11)13(8-14)15-4;1-10(14-2)12-9-5-7-11-6-3-4-8-13(11)12;1-8(12-2)9-4-6-10(7-5-9)11(13)14-3;1-12-10(6-11)7-4-8-2-3-9(5-7)13-8;1-5(7)8-6(2,3)4/h10-13H,1,5-7H2,2-3H3;3-4,6,8H,5,7,9H2,1H3;10H,4-7H2,1,3H3;7-10,13H,2-5H2;1-4H3/b;12-10-;;;/t10?,11-,12?,13?;;;7?,8-,9?,10?;/m0..1./s1. The second kappa shape index (κ2) is 27.5. The zero-order valence-corrected chi connectivity index (χ0v) is 39.9. The molecular weight excluding hydrogens is 799 g/mol. The van der Waals surface area contributed by atoms with Crippen molar-refractivity contribution in [2.75, 3.05) is 7.11 Å². The average Bonchev–Trinajstić information content (AvgIpc) is 3.63. The Labute approximate surface area is 385 Å². The number of hydrogen-bond donors (Lipinski definition) is 1. The van der Waals surface area contributed by atoms with Gasteiger partial charge in [-0.3, -0.25) is 19.3 Å². The van der Waals surface area contributed by atoms with Crippen LogP contribution in [0.4, 0.5) is 0 Å². The number of piperidine rings is 1. The number of esters is 2. The molecule has 1 aromatic rings. The SMILES string of the molecule is CC(=O)OC(C)(C)C.[C-]#[N+]/C(C)=C1/CCCc2ccccc21.[C-]#[N+]C(C#N)C1CC2CC[C@H](C1)N2.[C-]#[N+]C(C#N)C1C[C@@H](C(=C)C)CCC1C.[C-]#[N+]C(C)=C1CCC(C(=O)OC)CC1. The minimum Gasteiger partial charge on any atom is -0.469 e. The van der Waals surface area contributed by atoms with E-state index >= 15 is 0 Å². The fraction of sp³-hybridized carbons (Fsp3) is 0.623. The van der Waals surface area contributed by atoms with E-state index < -0.39 is 12.1 Å². The Morgan fingerprint density at radius 1 is 0.797 bits per heavy atom. The third kappa shape index (κ3) is 17.8. The highest BCUT2D eigenvalue weighted by molar-refractivity contribution is 5.73. The summed E-state index contributed by atoms with van der Waals surface area (Å²) in [5, 5.41) is 21.2. The molecule has 2 saturated heterocycles. The highest BCUT2D eigenvalue weighted by atomic mass is 16.6. The van der Waals surface area contributed by atoms with Gasteiger partial charge in [-0.25, -0.2) is 22.8 Å². The first-order valence-corrected chi connectivity index (χ1v) is 22.8. The lowest BCUT2D eigenvalue weighted by Crippen LogP contribution is -2.40. The fourth-order valence-corrected chi connectivity index (χ4v) is 9.37. The lowest BCUT2D eigenvalue weighted by atomic mass is 9.70. The van der Waals surface area contributed by atoms with E-state index in [2.05, 4.69) is 81.5 Å². The van der Waals surface area contributed by atoms with E-state index in [-0.39, 0.29) is 29.4 Å². The van der Waals surface area contributed by atoms with Crippen LogP contribution in [0.5, 0.6) is 0 Å². The van der Waals surface area contributed by atoms with Gasteiger partial charge in [-0.2, -0.15) is 10.5 Å². The zero-order valence-electron chi connectivity index (χ0n) is 39.9. The monoisotopic (exact) mass is 870 g/mol. The lowest BCUT2D eigenvalue weighted by Gasteiger charge is -2.33. The van der Waals surface area contributed by atoms with Crippen molar-refractivity contribution in [1.82, 2.24) is 5.32 Å². The summed E-state index contributed by atoms with van der Waals surface area (Å²) in [7, 11) is 1.43. The van der Waals surface area contributed by atoms with Gasteiger partial charge >= 0.3 is 24.0 Å². The van der Waals surface area contributed by atoms with Gasteiger partial charge in [0.05, 0.1) is 38.0 Å². The molecule has 2 bridgehead atoms. The Hall–Kier alpha value is -5.72. The van der Waals surface area contributed by atoms with E-state index in [1.807, 2.05) is 34.6 Å². The maximum atomic E-state index is 11.2. The summed E-state index contributed by atoms with van der Waals surface area (Å²) >= 11 is 0. The summed E-state index contributed by atoms with van der Waals surface area (Å²) in [6, 6.07) is 13.0. The molecule has 1 N–H and O–H groups in total. The zero-order chi connectivity index (χ0) is 48.0.